The van der Waals surface area contributed by atoms with Crippen LogP contribution in [0.25, 0.3) is 11.5 Å². The fourth-order valence-corrected chi connectivity index (χ4v) is 2.89. The third-order valence-corrected chi connectivity index (χ3v) is 4.65. The van der Waals surface area contributed by atoms with Crippen LogP contribution in [0.3, 0.4) is 0 Å². The third-order valence-electron chi connectivity index (χ3n) is 4.65. The maximum Gasteiger partial charge on any atom is 0.261 e. The van der Waals surface area contributed by atoms with E-state index >= 15 is 0 Å². The van der Waals surface area contributed by atoms with E-state index in [4.69, 9.17) is 18.7 Å². The summed E-state index contributed by atoms with van der Waals surface area (Å²) in [5.41, 5.74) is 0.782. The van der Waals surface area contributed by atoms with Crippen molar-refractivity contribution in [2.24, 2.45) is 0 Å². The topological polar surface area (TPSA) is 86.9 Å². The zero-order valence-electron chi connectivity index (χ0n) is 15.3. The van der Waals surface area contributed by atoms with Crippen LogP contribution in [0, 0.1) is 0 Å². The highest BCUT2D eigenvalue weighted by Gasteiger charge is 2.33. The van der Waals surface area contributed by atoms with Crippen molar-refractivity contribution in [3.8, 4) is 17.2 Å². The zero-order valence-corrected chi connectivity index (χ0v) is 15.3. The summed E-state index contributed by atoms with van der Waals surface area (Å²) in [5, 5.41) is 4.07. The molecular formula is C19H23N3O5. The fraction of sp³-hybridized carbons (Fsp3) is 0.526. The number of methoxy groups -OCH3 is 1. The molecule has 2 aromatic rings. The van der Waals surface area contributed by atoms with Crippen LogP contribution in [0.1, 0.15) is 24.6 Å². The van der Waals surface area contributed by atoms with E-state index in [-0.39, 0.29) is 18.6 Å². The van der Waals surface area contributed by atoms with Gasteiger partial charge < -0.3 is 23.6 Å². The minimum Gasteiger partial charge on any atom is -0.486 e. The fourth-order valence-electron chi connectivity index (χ4n) is 2.89. The molecule has 0 N–H and O–H groups in total. The SMILES string of the molecule is COCCOCC(=O)N1CC(Oc2ccccc2-c2nc(C3CC3)no2)C1. The van der Waals surface area contributed by atoms with Crippen molar-refractivity contribution in [2.45, 2.75) is 24.9 Å². The van der Waals surface area contributed by atoms with Crippen molar-refractivity contribution in [3.63, 3.8) is 0 Å². The molecule has 2 aliphatic rings. The highest BCUT2D eigenvalue weighted by Crippen LogP contribution is 2.39. The van der Waals surface area contributed by atoms with Gasteiger partial charge in [-0.15, -0.1) is 0 Å². The first-order chi connectivity index (χ1) is 13.2. The Balaban J connectivity index is 1.31. The Morgan fingerprint density at radius 2 is 2.07 bits per heavy atom. The summed E-state index contributed by atoms with van der Waals surface area (Å²) in [6, 6.07) is 7.61. The third kappa shape index (κ3) is 4.28. The van der Waals surface area contributed by atoms with Crippen molar-refractivity contribution in [1.82, 2.24) is 15.0 Å². The second-order valence-corrected chi connectivity index (χ2v) is 6.81. The average molecular weight is 373 g/mol. The molecule has 0 atom stereocenters. The molecule has 1 aliphatic heterocycles. The Morgan fingerprint density at radius 3 is 2.85 bits per heavy atom. The molecular weight excluding hydrogens is 350 g/mol. The highest BCUT2D eigenvalue weighted by atomic mass is 16.5. The van der Waals surface area contributed by atoms with Gasteiger partial charge in [0.1, 0.15) is 18.5 Å². The molecule has 27 heavy (non-hydrogen) atoms. The number of hydrogen-bond donors (Lipinski definition) is 0. The van der Waals surface area contributed by atoms with Gasteiger partial charge in [0.05, 0.1) is 31.9 Å². The summed E-state index contributed by atoms with van der Waals surface area (Å²) in [6.45, 7) is 2.04. The van der Waals surface area contributed by atoms with Gasteiger partial charge in [-0.05, 0) is 25.0 Å². The van der Waals surface area contributed by atoms with Gasteiger partial charge >= 0.3 is 0 Å². The van der Waals surface area contributed by atoms with Crippen molar-refractivity contribution in [2.75, 3.05) is 40.0 Å². The Hall–Kier alpha value is -2.45. The molecule has 8 heteroatoms. The van der Waals surface area contributed by atoms with Crippen LogP contribution in [-0.2, 0) is 14.3 Å². The number of rotatable bonds is 9. The van der Waals surface area contributed by atoms with E-state index < -0.39 is 0 Å². The number of carbonyl (C=O) groups excluding carboxylic acids is 1. The predicted molar refractivity (Wildman–Crippen MR) is 95.4 cm³/mol. The molecule has 1 saturated heterocycles. The number of benzene rings is 1. The van der Waals surface area contributed by atoms with Crippen molar-refractivity contribution < 1.29 is 23.5 Å². The van der Waals surface area contributed by atoms with Crippen LogP contribution in [0.4, 0.5) is 0 Å². The number of likely N-dealkylation sites (tertiary alicyclic amines) is 1. The second-order valence-electron chi connectivity index (χ2n) is 6.81. The standard InChI is InChI=1S/C19H23N3O5/c1-24-8-9-25-12-17(23)22-10-14(11-22)26-16-5-3-2-4-15(16)19-20-18(21-27-19)13-6-7-13/h2-5,13-14H,6-12H2,1H3. The average Bonchev–Trinajstić information content (AvgIpc) is 3.39. The van der Waals surface area contributed by atoms with E-state index in [0.29, 0.717) is 43.9 Å². The number of amides is 1. The maximum atomic E-state index is 12.0. The monoisotopic (exact) mass is 373 g/mol. The van der Waals surface area contributed by atoms with E-state index in [0.717, 1.165) is 24.2 Å². The van der Waals surface area contributed by atoms with Gasteiger partial charge in [0.25, 0.3) is 5.89 Å². The van der Waals surface area contributed by atoms with E-state index in [9.17, 15) is 4.79 Å². The molecule has 1 aliphatic carbocycles. The van der Waals surface area contributed by atoms with Gasteiger partial charge in [-0.1, -0.05) is 17.3 Å². The van der Waals surface area contributed by atoms with E-state index in [1.54, 1.807) is 12.0 Å². The second kappa shape index (κ2) is 8.06. The molecule has 0 spiro atoms. The van der Waals surface area contributed by atoms with Crippen LogP contribution >= 0.6 is 0 Å². The lowest BCUT2D eigenvalue weighted by atomic mass is 10.1. The quantitative estimate of drug-likeness (QED) is 0.620. The molecule has 0 unspecified atom stereocenters. The molecule has 2 fully saturated rings. The first-order valence-electron chi connectivity index (χ1n) is 9.18. The lowest BCUT2D eigenvalue weighted by Gasteiger charge is -2.39. The molecule has 1 saturated carbocycles. The molecule has 0 radical (unpaired) electrons. The minimum absolute atomic E-state index is 0.0368. The zero-order chi connectivity index (χ0) is 18.6. The molecule has 144 valence electrons. The molecule has 1 amide bonds. The first kappa shape index (κ1) is 17.9. The van der Waals surface area contributed by atoms with Crippen LogP contribution in [0.2, 0.25) is 0 Å². The number of aromatic nitrogens is 2. The Morgan fingerprint density at radius 1 is 1.26 bits per heavy atom. The highest BCUT2D eigenvalue weighted by molar-refractivity contribution is 5.78. The lowest BCUT2D eigenvalue weighted by molar-refractivity contribution is -0.145. The molecule has 8 nitrogen and oxygen atoms in total. The molecule has 2 heterocycles. The van der Waals surface area contributed by atoms with Crippen molar-refractivity contribution in [1.29, 1.82) is 0 Å². The maximum absolute atomic E-state index is 12.0. The molecule has 0 bridgehead atoms. The Bertz CT molecular complexity index is 783. The Kier molecular flexibility index (Phi) is 5.35. The summed E-state index contributed by atoms with van der Waals surface area (Å²) in [7, 11) is 1.60. The normalized spacial score (nSPS) is 17.0. The van der Waals surface area contributed by atoms with Crippen LogP contribution < -0.4 is 4.74 Å². The summed E-state index contributed by atoms with van der Waals surface area (Å²) in [4.78, 5) is 18.2. The van der Waals surface area contributed by atoms with Gasteiger partial charge in [0.2, 0.25) is 5.91 Å². The van der Waals surface area contributed by atoms with E-state index in [1.807, 2.05) is 24.3 Å². The Labute approximate surface area is 157 Å². The summed E-state index contributed by atoms with van der Waals surface area (Å²) in [5.74, 6) is 2.34. The predicted octanol–water partition coefficient (Wildman–Crippen LogP) is 1.87. The van der Waals surface area contributed by atoms with Crippen LogP contribution in [0.5, 0.6) is 5.75 Å². The molecule has 1 aromatic heterocycles. The van der Waals surface area contributed by atoms with Gasteiger partial charge in [0.15, 0.2) is 5.82 Å². The summed E-state index contributed by atoms with van der Waals surface area (Å²) >= 11 is 0. The van der Waals surface area contributed by atoms with Gasteiger partial charge in [-0.2, -0.15) is 4.98 Å². The number of hydrogen-bond acceptors (Lipinski definition) is 7. The van der Waals surface area contributed by atoms with Gasteiger partial charge in [-0.25, -0.2) is 0 Å². The lowest BCUT2D eigenvalue weighted by Crippen LogP contribution is -2.57. The number of carbonyl (C=O) groups is 1. The van der Waals surface area contributed by atoms with E-state index in [2.05, 4.69) is 10.1 Å². The number of para-hydroxylation sites is 1. The van der Waals surface area contributed by atoms with Gasteiger partial charge in [0, 0.05) is 13.0 Å². The van der Waals surface area contributed by atoms with Crippen molar-refractivity contribution >= 4 is 5.91 Å². The summed E-state index contributed by atoms with van der Waals surface area (Å²) in [6.07, 6.45) is 2.19. The van der Waals surface area contributed by atoms with Gasteiger partial charge in [-0.3, -0.25) is 4.79 Å². The van der Waals surface area contributed by atoms with Crippen LogP contribution in [0.15, 0.2) is 28.8 Å². The smallest absolute Gasteiger partial charge is 0.261 e. The van der Waals surface area contributed by atoms with Crippen LogP contribution in [-0.4, -0.2) is 67.1 Å². The largest absolute Gasteiger partial charge is 0.486 e. The summed E-state index contributed by atoms with van der Waals surface area (Å²) < 4.78 is 21.6. The molecule has 4 rings (SSSR count). The van der Waals surface area contributed by atoms with E-state index in [1.165, 1.54) is 0 Å². The molecule has 1 aromatic carbocycles. The van der Waals surface area contributed by atoms with Crippen molar-refractivity contribution in [3.05, 3.63) is 30.1 Å². The number of ether oxygens (including phenoxy) is 3. The number of nitrogens with zero attached hydrogens (tertiary/aromatic N) is 3. The minimum atomic E-state index is -0.0556. The first-order valence-corrected chi connectivity index (χ1v) is 9.18.